The molecule has 46 heavy (non-hydrogen) atoms. The van der Waals surface area contributed by atoms with Crippen molar-refractivity contribution in [1.82, 2.24) is 16.0 Å². The molecule has 0 spiro atoms. The molecule has 0 aliphatic rings. The van der Waals surface area contributed by atoms with Crippen molar-refractivity contribution in [2.45, 2.75) is 84.1 Å². The lowest BCUT2D eigenvalue weighted by Gasteiger charge is -2.27. The van der Waals surface area contributed by atoms with E-state index in [0.29, 0.717) is 19.4 Å². The SMILES string of the molecule is CC(C)C[C@@H](/C=C/S(C)(=O)=O)NC(=O)[C@H](CC(C)C)NC(=O)[C@H](Cc1ccc(CN)cc1)NC(=O)C(Cc1ccccc1)N=[N+]=[N-]. The number of hydrogen-bond donors (Lipinski definition) is 4. The first-order valence-corrected chi connectivity index (χ1v) is 17.3. The molecule has 2 rings (SSSR count). The largest absolute Gasteiger partial charge is 0.348 e. The van der Waals surface area contributed by atoms with Gasteiger partial charge in [0.15, 0.2) is 9.84 Å². The Morgan fingerprint density at radius 3 is 1.89 bits per heavy atom. The van der Waals surface area contributed by atoms with Crippen LogP contribution in [0.2, 0.25) is 0 Å². The molecule has 1 unspecified atom stereocenters. The summed E-state index contributed by atoms with van der Waals surface area (Å²) in [6.07, 6.45) is 3.53. The van der Waals surface area contributed by atoms with E-state index in [4.69, 9.17) is 5.73 Å². The molecule has 0 aliphatic carbocycles. The Hall–Kier alpha value is -4.19. The maximum absolute atomic E-state index is 13.8. The van der Waals surface area contributed by atoms with E-state index >= 15 is 0 Å². The molecule has 2 aromatic carbocycles. The van der Waals surface area contributed by atoms with Crippen LogP contribution in [-0.4, -0.2) is 56.6 Å². The smallest absolute Gasteiger partial charge is 0.243 e. The lowest BCUT2D eigenvalue weighted by Crippen LogP contribution is -2.56. The molecule has 5 N–H and O–H groups in total. The van der Waals surface area contributed by atoms with E-state index in [1.807, 2.05) is 82.3 Å². The van der Waals surface area contributed by atoms with Crippen molar-refractivity contribution in [1.29, 1.82) is 0 Å². The summed E-state index contributed by atoms with van der Waals surface area (Å²) < 4.78 is 23.5. The maximum Gasteiger partial charge on any atom is 0.243 e. The van der Waals surface area contributed by atoms with Gasteiger partial charge in [0.1, 0.15) is 18.1 Å². The number of nitrogens with one attached hydrogen (secondary N) is 3. The van der Waals surface area contributed by atoms with Crippen LogP contribution in [0.25, 0.3) is 10.4 Å². The minimum Gasteiger partial charge on any atom is -0.348 e. The van der Waals surface area contributed by atoms with Gasteiger partial charge in [0.25, 0.3) is 0 Å². The zero-order valence-corrected chi connectivity index (χ0v) is 28.0. The molecular weight excluding hydrogens is 606 g/mol. The number of azide groups is 1. The molecule has 0 heterocycles. The van der Waals surface area contributed by atoms with Gasteiger partial charge in [0.05, 0.1) is 0 Å². The van der Waals surface area contributed by atoms with E-state index in [-0.39, 0.29) is 24.7 Å². The molecule has 0 bridgehead atoms. The van der Waals surface area contributed by atoms with Gasteiger partial charge in [0.2, 0.25) is 17.7 Å². The third-order valence-corrected chi connectivity index (χ3v) is 7.70. The molecule has 250 valence electrons. The summed E-state index contributed by atoms with van der Waals surface area (Å²) >= 11 is 0. The van der Waals surface area contributed by atoms with E-state index in [1.54, 1.807) is 0 Å². The van der Waals surface area contributed by atoms with Crippen molar-refractivity contribution in [3.05, 3.63) is 93.2 Å². The van der Waals surface area contributed by atoms with Gasteiger partial charge in [-0.05, 0) is 53.3 Å². The van der Waals surface area contributed by atoms with Crippen LogP contribution in [0.5, 0.6) is 0 Å². The highest BCUT2D eigenvalue weighted by Gasteiger charge is 2.30. The summed E-state index contributed by atoms with van der Waals surface area (Å²) in [6, 6.07) is 12.6. The first-order chi connectivity index (χ1) is 21.7. The molecule has 4 atom stereocenters. The van der Waals surface area contributed by atoms with Gasteiger partial charge in [-0.2, -0.15) is 0 Å². The van der Waals surface area contributed by atoms with Gasteiger partial charge in [-0.25, -0.2) is 8.42 Å². The van der Waals surface area contributed by atoms with Crippen molar-refractivity contribution < 1.29 is 22.8 Å². The second kappa shape index (κ2) is 18.7. The summed E-state index contributed by atoms with van der Waals surface area (Å²) in [6.45, 7) is 8.07. The van der Waals surface area contributed by atoms with Crippen molar-refractivity contribution in [2.75, 3.05) is 6.26 Å². The highest BCUT2D eigenvalue weighted by atomic mass is 32.2. The zero-order chi connectivity index (χ0) is 34.3. The first-order valence-electron chi connectivity index (χ1n) is 15.4. The molecule has 0 saturated heterocycles. The number of benzene rings is 2. The second-order valence-electron chi connectivity index (χ2n) is 12.3. The molecule has 0 aliphatic heterocycles. The first kappa shape index (κ1) is 38.0. The fourth-order valence-electron chi connectivity index (χ4n) is 4.80. The van der Waals surface area contributed by atoms with Crippen LogP contribution >= 0.6 is 0 Å². The maximum atomic E-state index is 13.8. The lowest BCUT2D eigenvalue weighted by atomic mass is 9.99. The Bertz CT molecular complexity index is 1470. The van der Waals surface area contributed by atoms with Crippen molar-refractivity contribution >= 4 is 27.6 Å². The third kappa shape index (κ3) is 14.3. The van der Waals surface area contributed by atoms with E-state index in [0.717, 1.165) is 28.4 Å². The minimum absolute atomic E-state index is 0.0169. The fourth-order valence-corrected chi connectivity index (χ4v) is 5.27. The van der Waals surface area contributed by atoms with E-state index in [1.165, 1.54) is 6.08 Å². The number of carbonyl (C=O) groups excluding carboxylic acids is 3. The average Bonchev–Trinajstić information content (AvgIpc) is 2.99. The molecule has 0 fully saturated rings. The molecule has 2 aromatic rings. The van der Waals surface area contributed by atoms with Crippen molar-refractivity contribution in [2.24, 2.45) is 22.7 Å². The van der Waals surface area contributed by atoms with Gasteiger partial charge >= 0.3 is 0 Å². The Kier molecular flexibility index (Phi) is 15.4. The molecule has 0 radical (unpaired) electrons. The predicted octanol–water partition coefficient (Wildman–Crippen LogP) is 3.71. The van der Waals surface area contributed by atoms with E-state index in [9.17, 15) is 28.3 Å². The summed E-state index contributed by atoms with van der Waals surface area (Å²) in [5.74, 6) is -1.53. The number of nitrogens with two attached hydrogens (primary N) is 1. The normalized spacial score (nSPS) is 14.3. The molecule has 0 saturated carbocycles. The number of amides is 3. The zero-order valence-electron chi connectivity index (χ0n) is 27.2. The van der Waals surface area contributed by atoms with Crippen molar-refractivity contribution in [3.63, 3.8) is 0 Å². The van der Waals surface area contributed by atoms with E-state index in [2.05, 4.69) is 26.0 Å². The fraction of sp³-hybridized carbons (Fsp3) is 0.485. The third-order valence-electron chi connectivity index (χ3n) is 7.05. The number of nitrogens with zero attached hydrogens (tertiary/aromatic N) is 3. The van der Waals surface area contributed by atoms with Crippen molar-refractivity contribution in [3.8, 4) is 0 Å². The quantitative estimate of drug-likeness (QED) is 0.107. The highest BCUT2D eigenvalue weighted by Crippen LogP contribution is 2.13. The number of rotatable bonds is 18. The summed E-state index contributed by atoms with van der Waals surface area (Å²) in [4.78, 5) is 43.7. The van der Waals surface area contributed by atoms with Gasteiger partial charge < -0.3 is 21.7 Å². The van der Waals surface area contributed by atoms with Crippen LogP contribution in [0.15, 0.2) is 71.2 Å². The van der Waals surface area contributed by atoms with Gasteiger partial charge in [0, 0.05) is 35.6 Å². The average molecular weight is 654 g/mol. The summed E-state index contributed by atoms with van der Waals surface area (Å²) in [7, 11) is -3.42. The Balaban J connectivity index is 2.36. The molecule has 3 amide bonds. The number of sulfone groups is 1. The number of hydrogen-bond acceptors (Lipinski definition) is 7. The summed E-state index contributed by atoms with van der Waals surface area (Å²) in [5.41, 5.74) is 17.3. The Labute approximate surface area is 272 Å². The van der Waals surface area contributed by atoms with Gasteiger partial charge in [-0.1, -0.05) is 93.5 Å². The predicted molar refractivity (Wildman–Crippen MR) is 180 cm³/mol. The standard InChI is InChI=1S/C33H47N7O5S/c1-22(2)17-27(15-16-46(5,44)45)36-31(41)28(18-23(3)4)37-32(42)29(19-25-11-13-26(21-34)14-12-25)38-33(43)30(39-40-35)20-24-9-7-6-8-10-24/h6-16,22-23,27-30H,17-21,34H2,1-5H3,(H,36,41)(H,37,42)(H,38,43)/b16-15+/t27-,28+,29+,30?/m1/s1. The van der Waals surface area contributed by atoms with Gasteiger partial charge in [-0.15, -0.1) is 0 Å². The van der Waals surface area contributed by atoms with Crippen LogP contribution in [-0.2, 0) is 43.6 Å². The highest BCUT2D eigenvalue weighted by molar-refractivity contribution is 7.93. The van der Waals surface area contributed by atoms with Crippen LogP contribution in [0.3, 0.4) is 0 Å². The number of carbonyl (C=O) groups is 3. The molecule has 0 aromatic heterocycles. The van der Waals surface area contributed by atoms with Crippen LogP contribution in [0, 0.1) is 11.8 Å². The Morgan fingerprint density at radius 1 is 0.804 bits per heavy atom. The van der Waals surface area contributed by atoms with Crippen LogP contribution in [0.4, 0.5) is 0 Å². The summed E-state index contributed by atoms with van der Waals surface area (Å²) in [5, 5.41) is 13.2. The lowest BCUT2D eigenvalue weighted by molar-refractivity contribution is -0.132. The minimum atomic E-state index is -3.42. The second-order valence-corrected chi connectivity index (χ2v) is 14.2. The topological polar surface area (TPSA) is 196 Å². The monoisotopic (exact) mass is 653 g/mol. The van der Waals surface area contributed by atoms with E-state index < -0.39 is 51.7 Å². The van der Waals surface area contributed by atoms with Crippen LogP contribution < -0.4 is 21.7 Å². The Morgan fingerprint density at radius 2 is 1.35 bits per heavy atom. The molecule has 13 heteroatoms. The van der Waals surface area contributed by atoms with Crippen LogP contribution in [0.1, 0.15) is 57.2 Å². The molecule has 12 nitrogen and oxygen atoms in total. The van der Waals surface area contributed by atoms with Gasteiger partial charge in [-0.3, -0.25) is 14.4 Å². The molecular formula is C33H47N7O5S.